The van der Waals surface area contributed by atoms with Crippen molar-refractivity contribution in [2.45, 2.75) is 64.1 Å². The van der Waals surface area contributed by atoms with Crippen molar-refractivity contribution >= 4 is 0 Å². The lowest BCUT2D eigenvalue weighted by Gasteiger charge is -2.46. The Bertz CT molecular complexity index is 319. The summed E-state index contributed by atoms with van der Waals surface area (Å²) in [4.78, 5) is 2.11. The maximum Gasteiger partial charge on any atom is 0.393 e. The number of alkyl halides is 3. The van der Waals surface area contributed by atoms with Gasteiger partial charge in [-0.1, -0.05) is 26.2 Å². The normalized spacial score (nSPS) is 35.9. The molecular formula is C16H29F3N2. The van der Waals surface area contributed by atoms with E-state index in [-0.39, 0.29) is 12.6 Å². The smallest absolute Gasteiger partial charge is 0.330 e. The molecule has 2 fully saturated rings. The highest BCUT2D eigenvalue weighted by Crippen LogP contribution is 2.39. The summed E-state index contributed by atoms with van der Waals surface area (Å²) in [5.74, 6) is -0.0876. The van der Waals surface area contributed by atoms with E-state index in [1.807, 2.05) is 0 Å². The zero-order chi connectivity index (χ0) is 15.5. The number of piperidine rings is 1. The van der Waals surface area contributed by atoms with E-state index in [4.69, 9.17) is 5.73 Å². The third kappa shape index (κ3) is 4.35. The topological polar surface area (TPSA) is 29.3 Å². The maximum atomic E-state index is 13.0. The molecule has 0 aromatic rings. The number of halogens is 3. The Hall–Kier alpha value is -0.290. The van der Waals surface area contributed by atoms with E-state index in [1.54, 1.807) is 0 Å². The van der Waals surface area contributed by atoms with E-state index in [1.165, 1.54) is 12.8 Å². The standard InChI is InChI=1S/C16H29F3N2/c1-2-4-12-6-7-13(10-20)15(9-12)21-8-3-5-14(11-21)16(17,18)19/h12-15H,2-11,20H2,1H3. The first-order valence-corrected chi connectivity index (χ1v) is 8.46. The molecule has 1 heterocycles. The predicted octanol–water partition coefficient (Wildman–Crippen LogP) is 3.80. The van der Waals surface area contributed by atoms with Crippen LogP contribution in [0.2, 0.25) is 0 Å². The molecule has 0 spiro atoms. The van der Waals surface area contributed by atoms with Crippen molar-refractivity contribution in [3.63, 3.8) is 0 Å². The van der Waals surface area contributed by atoms with E-state index in [2.05, 4.69) is 11.8 Å². The summed E-state index contributed by atoms with van der Waals surface area (Å²) in [5, 5.41) is 0. The molecule has 124 valence electrons. The fraction of sp³-hybridized carbons (Fsp3) is 1.00. The van der Waals surface area contributed by atoms with E-state index in [0.29, 0.717) is 31.2 Å². The first-order chi connectivity index (χ1) is 9.95. The molecule has 0 amide bonds. The Morgan fingerprint density at radius 3 is 2.57 bits per heavy atom. The molecule has 1 saturated heterocycles. The third-order valence-corrected chi connectivity index (χ3v) is 5.45. The lowest BCUT2D eigenvalue weighted by molar-refractivity contribution is -0.190. The second kappa shape index (κ2) is 7.32. The number of likely N-dealkylation sites (tertiary alicyclic amines) is 1. The van der Waals surface area contributed by atoms with E-state index in [0.717, 1.165) is 25.8 Å². The van der Waals surface area contributed by atoms with Crippen molar-refractivity contribution in [3.8, 4) is 0 Å². The van der Waals surface area contributed by atoms with Crippen LogP contribution in [0.1, 0.15) is 51.9 Å². The summed E-state index contributed by atoms with van der Waals surface area (Å²) in [5.41, 5.74) is 5.89. The average Bonchev–Trinajstić information content (AvgIpc) is 2.47. The van der Waals surface area contributed by atoms with Crippen LogP contribution >= 0.6 is 0 Å². The van der Waals surface area contributed by atoms with Crippen LogP contribution in [0.5, 0.6) is 0 Å². The maximum absolute atomic E-state index is 13.0. The molecule has 0 radical (unpaired) electrons. The molecular weight excluding hydrogens is 277 g/mol. The second-order valence-corrected chi connectivity index (χ2v) is 6.91. The summed E-state index contributed by atoms with van der Waals surface area (Å²) in [6.07, 6.45) is 2.59. The Balaban J connectivity index is 2.02. The van der Waals surface area contributed by atoms with Crippen molar-refractivity contribution in [3.05, 3.63) is 0 Å². The van der Waals surface area contributed by atoms with Gasteiger partial charge in [0.15, 0.2) is 0 Å². The van der Waals surface area contributed by atoms with Gasteiger partial charge in [0.2, 0.25) is 0 Å². The van der Waals surface area contributed by atoms with Gasteiger partial charge in [0.05, 0.1) is 5.92 Å². The van der Waals surface area contributed by atoms with Gasteiger partial charge >= 0.3 is 6.18 Å². The van der Waals surface area contributed by atoms with Crippen LogP contribution in [0.25, 0.3) is 0 Å². The van der Waals surface area contributed by atoms with Crippen molar-refractivity contribution in [2.24, 2.45) is 23.5 Å². The van der Waals surface area contributed by atoms with Crippen LogP contribution in [-0.4, -0.2) is 36.8 Å². The Morgan fingerprint density at radius 1 is 1.19 bits per heavy atom. The third-order valence-electron chi connectivity index (χ3n) is 5.45. The number of hydrogen-bond acceptors (Lipinski definition) is 2. The molecule has 0 aromatic carbocycles. The van der Waals surface area contributed by atoms with Gasteiger partial charge in [-0.3, -0.25) is 4.90 Å². The van der Waals surface area contributed by atoms with Gasteiger partial charge in [-0.2, -0.15) is 13.2 Å². The van der Waals surface area contributed by atoms with Gasteiger partial charge in [0.1, 0.15) is 0 Å². The van der Waals surface area contributed by atoms with Gasteiger partial charge in [-0.15, -0.1) is 0 Å². The second-order valence-electron chi connectivity index (χ2n) is 6.91. The molecule has 1 aliphatic carbocycles. The molecule has 5 heteroatoms. The van der Waals surface area contributed by atoms with Crippen molar-refractivity contribution in [1.82, 2.24) is 4.90 Å². The van der Waals surface area contributed by atoms with Gasteiger partial charge in [0.25, 0.3) is 0 Å². The molecule has 1 saturated carbocycles. The lowest BCUT2D eigenvalue weighted by Crippen LogP contribution is -2.52. The van der Waals surface area contributed by atoms with Gasteiger partial charge in [0, 0.05) is 12.6 Å². The van der Waals surface area contributed by atoms with Gasteiger partial charge < -0.3 is 5.73 Å². The lowest BCUT2D eigenvalue weighted by atomic mass is 9.75. The summed E-state index contributed by atoms with van der Waals surface area (Å²) in [6.45, 7) is 3.79. The molecule has 2 rings (SSSR count). The predicted molar refractivity (Wildman–Crippen MR) is 78.9 cm³/mol. The fourth-order valence-electron chi connectivity index (χ4n) is 4.26. The highest BCUT2D eigenvalue weighted by atomic mass is 19.4. The van der Waals surface area contributed by atoms with E-state index in [9.17, 15) is 13.2 Å². The first kappa shape index (κ1) is 17.1. The number of rotatable bonds is 4. The minimum Gasteiger partial charge on any atom is -0.330 e. The van der Waals surface area contributed by atoms with Crippen LogP contribution in [0, 0.1) is 17.8 Å². The van der Waals surface area contributed by atoms with Crippen molar-refractivity contribution in [2.75, 3.05) is 19.6 Å². The SMILES string of the molecule is CCCC1CCC(CN)C(N2CCCC(C(F)(F)F)C2)C1. The van der Waals surface area contributed by atoms with Crippen molar-refractivity contribution in [1.29, 1.82) is 0 Å². The average molecular weight is 306 g/mol. The van der Waals surface area contributed by atoms with E-state index >= 15 is 0 Å². The zero-order valence-electron chi connectivity index (χ0n) is 13.0. The fourth-order valence-corrected chi connectivity index (χ4v) is 4.26. The Labute approximate surface area is 126 Å². The molecule has 4 atom stereocenters. The molecule has 1 aliphatic heterocycles. The molecule has 4 unspecified atom stereocenters. The van der Waals surface area contributed by atoms with Gasteiger partial charge in [-0.05, 0) is 50.6 Å². The zero-order valence-corrected chi connectivity index (χ0v) is 13.0. The molecule has 2 aliphatic rings. The minimum absolute atomic E-state index is 0.184. The highest BCUT2D eigenvalue weighted by Gasteiger charge is 2.44. The summed E-state index contributed by atoms with van der Waals surface area (Å²) >= 11 is 0. The summed E-state index contributed by atoms with van der Waals surface area (Å²) < 4.78 is 39.0. The number of nitrogens with zero attached hydrogens (tertiary/aromatic N) is 1. The molecule has 0 aromatic heterocycles. The molecule has 2 nitrogen and oxygen atoms in total. The molecule has 2 N–H and O–H groups in total. The van der Waals surface area contributed by atoms with Crippen molar-refractivity contribution < 1.29 is 13.2 Å². The largest absolute Gasteiger partial charge is 0.393 e. The van der Waals surface area contributed by atoms with Crippen LogP contribution in [0.3, 0.4) is 0 Å². The minimum atomic E-state index is -4.05. The quantitative estimate of drug-likeness (QED) is 0.856. The number of hydrogen-bond donors (Lipinski definition) is 1. The monoisotopic (exact) mass is 306 g/mol. The molecule has 21 heavy (non-hydrogen) atoms. The van der Waals surface area contributed by atoms with Crippen LogP contribution in [0.15, 0.2) is 0 Å². The highest BCUT2D eigenvalue weighted by molar-refractivity contribution is 4.90. The summed E-state index contributed by atoms with van der Waals surface area (Å²) in [7, 11) is 0. The molecule has 0 bridgehead atoms. The van der Waals surface area contributed by atoms with Crippen LogP contribution < -0.4 is 5.73 Å². The first-order valence-electron chi connectivity index (χ1n) is 8.46. The Morgan fingerprint density at radius 2 is 1.95 bits per heavy atom. The Kier molecular flexibility index (Phi) is 5.95. The van der Waals surface area contributed by atoms with E-state index < -0.39 is 12.1 Å². The van der Waals surface area contributed by atoms with Crippen LogP contribution in [-0.2, 0) is 0 Å². The van der Waals surface area contributed by atoms with Gasteiger partial charge in [-0.25, -0.2) is 0 Å². The van der Waals surface area contributed by atoms with Crippen LogP contribution in [0.4, 0.5) is 13.2 Å². The number of nitrogens with two attached hydrogens (primary N) is 1. The summed E-state index contributed by atoms with van der Waals surface area (Å²) in [6, 6.07) is 0.269.